The molecule has 0 radical (unpaired) electrons. The molecule has 0 nitrogen and oxygen atoms in total. The molecule has 0 aromatic rings. The van der Waals surface area contributed by atoms with Crippen molar-refractivity contribution in [2.45, 2.75) is 20.8 Å². The highest BCUT2D eigenvalue weighted by Crippen LogP contribution is 1.93. The first-order valence-electron chi connectivity index (χ1n) is 3.90. The minimum absolute atomic E-state index is 1.29. The van der Waals surface area contributed by atoms with Gasteiger partial charge in [-0.1, -0.05) is 48.1 Å². The van der Waals surface area contributed by atoms with Crippen LogP contribution in [0.1, 0.15) is 20.8 Å². The lowest BCUT2D eigenvalue weighted by Gasteiger charge is -1.83. The van der Waals surface area contributed by atoms with Gasteiger partial charge in [-0.05, 0) is 20.8 Å². The van der Waals surface area contributed by atoms with Crippen molar-refractivity contribution >= 4 is 0 Å². The van der Waals surface area contributed by atoms with Crippen LogP contribution < -0.4 is 0 Å². The Bertz CT molecular complexity index is 190. The van der Waals surface area contributed by atoms with E-state index in [1.807, 2.05) is 44.2 Å². The summed E-state index contributed by atoms with van der Waals surface area (Å²) in [6.45, 7) is 6.13. The zero-order chi connectivity index (χ0) is 8.53. The number of rotatable bonds is 3. The van der Waals surface area contributed by atoms with E-state index < -0.39 is 0 Å². The van der Waals surface area contributed by atoms with Crippen LogP contribution in [0.5, 0.6) is 0 Å². The smallest absolute Gasteiger partial charge is 0.0401 e. The van der Waals surface area contributed by atoms with E-state index in [4.69, 9.17) is 0 Å². The summed E-state index contributed by atoms with van der Waals surface area (Å²) in [7, 11) is 0. The van der Waals surface area contributed by atoms with Crippen molar-refractivity contribution in [2.24, 2.45) is 0 Å². The first-order chi connectivity index (χ1) is 5.31. The molecule has 0 spiro atoms. The van der Waals surface area contributed by atoms with Gasteiger partial charge in [0.25, 0.3) is 0 Å². The van der Waals surface area contributed by atoms with Gasteiger partial charge in [-0.3, -0.25) is 0 Å². The van der Waals surface area contributed by atoms with Gasteiger partial charge in [0.05, 0.1) is 0 Å². The third kappa shape index (κ3) is 6.85. The maximum atomic E-state index is 2.08. The van der Waals surface area contributed by atoms with Crippen molar-refractivity contribution in [1.82, 2.24) is 0 Å². The van der Waals surface area contributed by atoms with Gasteiger partial charge in [-0.2, -0.15) is 0 Å². The van der Waals surface area contributed by atoms with Crippen molar-refractivity contribution in [2.75, 3.05) is 0 Å². The zero-order valence-corrected chi connectivity index (χ0v) is 7.54. The maximum Gasteiger partial charge on any atom is -0.0401 e. The molecule has 0 aromatic heterocycles. The van der Waals surface area contributed by atoms with Crippen LogP contribution in [0.25, 0.3) is 0 Å². The van der Waals surface area contributed by atoms with Gasteiger partial charge >= 0.3 is 0 Å². The Hall–Kier alpha value is -1.04. The molecule has 0 aliphatic carbocycles. The standard InChI is InChI=1S/C11H16/c1-4-6-7-8-9-10-11(3)5-2/h4-10H,1-3H3/b6-4+,8-7-,10-9-,11-5+. The Morgan fingerprint density at radius 2 is 1.55 bits per heavy atom. The van der Waals surface area contributed by atoms with Gasteiger partial charge < -0.3 is 0 Å². The van der Waals surface area contributed by atoms with E-state index >= 15 is 0 Å². The van der Waals surface area contributed by atoms with E-state index in [9.17, 15) is 0 Å². The molecule has 11 heavy (non-hydrogen) atoms. The molecule has 0 saturated heterocycles. The van der Waals surface area contributed by atoms with Crippen LogP contribution in [0, 0.1) is 0 Å². The van der Waals surface area contributed by atoms with Crippen LogP contribution in [0.2, 0.25) is 0 Å². The molecule has 0 aliphatic heterocycles. The molecular formula is C11H16. The third-order valence-corrected chi connectivity index (χ3v) is 1.34. The Kier molecular flexibility index (Phi) is 6.40. The molecule has 0 heteroatoms. The van der Waals surface area contributed by atoms with E-state index in [1.54, 1.807) is 0 Å². The normalized spacial score (nSPS) is 14.3. The van der Waals surface area contributed by atoms with Gasteiger partial charge in [-0.15, -0.1) is 0 Å². The predicted molar refractivity (Wildman–Crippen MR) is 52.5 cm³/mol. The van der Waals surface area contributed by atoms with Crippen LogP contribution in [-0.4, -0.2) is 0 Å². The van der Waals surface area contributed by atoms with E-state index in [1.165, 1.54) is 5.57 Å². The minimum Gasteiger partial charge on any atom is -0.0877 e. The average molecular weight is 148 g/mol. The second kappa shape index (κ2) is 7.07. The Morgan fingerprint density at radius 3 is 2.09 bits per heavy atom. The first kappa shape index (κ1) is 9.96. The minimum atomic E-state index is 1.29. The Morgan fingerprint density at radius 1 is 0.909 bits per heavy atom. The highest BCUT2D eigenvalue weighted by molar-refractivity contribution is 5.20. The predicted octanol–water partition coefficient (Wildman–Crippen LogP) is 3.64. The molecule has 0 atom stereocenters. The second-order valence-corrected chi connectivity index (χ2v) is 2.30. The molecule has 0 heterocycles. The van der Waals surface area contributed by atoms with Gasteiger partial charge in [-0.25, -0.2) is 0 Å². The Balaban J connectivity index is 3.77. The van der Waals surface area contributed by atoms with E-state index in [2.05, 4.69) is 19.1 Å². The number of hydrogen-bond donors (Lipinski definition) is 0. The van der Waals surface area contributed by atoms with E-state index in [0.717, 1.165) is 0 Å². The van der Waals surface area contributed by atoms with Gasteiger partial charge in [0.1, 0.15) is 0 Å². The van der Waals surface area contributed by atoms with Crippen LogP contribution in [-0.2, 0) is 0 Å². The molecule has 0 amide bonds. The summed E-state index contributed by atoms with van der Waals surface area (Å²) in [5, 5.41) is 0. The van der Waals surface area contributed by atoms with Crippen molar-refractivity contribution in [3.8, 4) is 0 Å². The molecular weight excluding hydrogens is 132 g/mol. The number of allylic oxidation sites excluding steroid dienone is 8. The largest absolute Gasteiger partial charge is 0.0877 e. The fourth-order valence-electron chi connectivity index (χ4n) is 0.543. The summed E-state index contributed by atoms with van der Waals surface area (Å²) in [5.74, 6) is 0. The average Bonchev–Trinajstić information content (AvgIpc) is 2.04. The van der Waals surface area contributed by atoms with Gasteiger partial charge in [0.15, 0.2) is 0 Å². The molecule has 0 unspecified atom stereocenters. The maximum absolute atomic E-state index is 2.08. The molecule has 0 bridgehead atoms. The second-order valence-electron chi connectivity index (χ2n) is 2.30. The quantitative estimate of drug-likeness (QED) is 0.536. The van der Waals surface area contributed by atoms with Crippen molar-refractivity contribution in [1.29, 1.82) is 0 Å². The highest BCUT2D eigenvalue weighted by Gasteiger charge is 1.72. The van der Waals surface area contributed by atoms with E-state index in [-0.39, 0.29) is 0 Å². The van der Waals surface area contributed by atoms with Crippen LogP contribution in [0.3, 0.4) is 0 Å². The number of hydrogen-bond acceptors (Lipinski definition) is 0. The molecule has 0 aromatic carbocycles. The van der Waals surface area contributed by atoms with Crippen LogP contribution in [0.15, 0.2) is 48.1 Å². The van der Waals surface area contributed by atoms with Gasteiger partial charge in [0, 0.05) is 0 Å². The zero-order valence-electron chi connectivity index (χ0n) is 7.54. The lowest BCUT2D eigenvalue weighted by atomic mass is 10.2. The topological polar surface area (TPSA) is 0 Å². The lowest BCUT2D eigenvalue weighted by molar-refractivity contribution is 1.48. The fourth-order valence-corrected chi connectivity index (χ4v) is 0.543. The van der Waals surface area contributed by atoms with Gasteiger partial charge in [0.2, 0.25) is 0 Å². The third-order valence-electron chi connectivity index (χ3n) is 1.34. The molecule has 0 saturated carbocycles. The SMILES string of the molecule is C/C=C/C=C\C=C/C(C)=C/C. The summed E-state index contributed by atoms with van der Waals surface area (Å²) >= 11 is 0. The molecule has 0 N–H and O–H groups in total. The summed E-state index contributed by atoms with van der Waals surface area (Å²) in [5.41, 5.74) is 1.29. The van der Waals surface area contributed by atoms with Crippen molar-refractivity contribution in [3.05, 3.63) is 48.1 Å². The first-order valence-corrected chi connectivity index (χ1v) is 3.90. The Labute approximate surface area is 69.6 Å². The summed E-state index contributed by atoms with van der Waals surface area (Å²) in [6.07, 6.45) is 14.3. The molecule has 0 rings (SSSR count). The highest BCUT2D eigenvalue weighted by atomic mass is 13.8. The van der Waals surface area contributed by atoms with Crippen LogP contribution in [0.4, 0.5) is 0 Å². The summed E-state index contributed by atoms with van der Waals surface area (Å²) in [4.78, 5) is 0. The van der Waals surface area contributed by atoms with Crippen LogP contribution >= 0.6 is 0 Å². The van der Waals surface area contributed by atoms with Crippen molar-refractivity contribution < 1.29 is 0 Å². The van der Waals surface area contributed by atoms with E-state index in [0.29, 0.717) is 0 Å². The molecule has 60 valence electrons. The monoisotopic (exact) mass is 148 g/mol. The van der Waals surface area contributed by atoms with Crippen molar-refractivity contribution in [3.63, 3.8) is 0 Å². The summed E-state index contributed by atoms with van der Waals surface area (Å²) in [6, 6.07) is 0. The molecule has 0 aliphatic rings. The fraction of sp³-hybridized carbons (Fsp3) is 0.273. The summed E-state index contributed by atoms with van der Waals surface area (Å²) < 4.78 is 0. The molecule has 0 fully saturated rings. The lowest BCUT2D eigenvalue weighted by Crippen LogP contribution is -1.62.